The molecule has 0 atom stereocenters. The minimum Gasteiger partial charge on any atom is -0.493 e. The molecule has 0 aliphatic rings. The van der Waals surface area contributed by atoms with E-state index in [1.165, 1.54) is 6.20 Å². The van der Waals surface area contributed by atoms with Gasteiger partial charge in [0.15, 0.2) is 17.5 Å². The number of anilines is 2. The van der Waals surface area contributed by atoms with E-state index in [2.05, 4.69) is 20.6 Å². The first-order valence-corrected chi connectivity index (χ1v) is 8.13. The molecule has 142 valence electrons. The lowest BCUT2D eigenvalue weighted by atomic mass is 10.3. The average molecular weight is 512 g/mol. The van der Waals surface area contributed by atoms with Crippen LogP contribution in [0.1, 0.15) is 0 Å². The summed E-state index contributed by atoms with van der Waals surface area (Å²) in [5, 5.41) is 6.99. The number of nitrogens with zero attached hydrogens (tertiary/aromatic N) is 2. The molecule has 10 heteroatoms. The van der Waals surface area contributed by atoms with Crippen molar-refractivity contribution in [2.45, 2.75) is 0 Å². The highest BCUT2D eigenvalue weighted by atomic mass is 127. The van der Waals surface area contributed by atoms with E-state index in [-0.39, 0.29) is 29.9 Å². The van der Waals surface area contributed by atoms with Crippen molar-refractivity contribution in [1.29, 1.82) is 0 Å². The van der Waals surface area contributed by atoms with Gasteiger partial charge in [-0.15, -0.1) is 24.0 Å². The predicted molar refractivity (Wildman–Crippen MR) is 118 cm³/mol. The molecule has 0 radical (unpaired) electrons. The Balaban J connectivity index is 0.00000338. The molecule has 0 bridgehead atoms. The maximum absolute atomic E-state index is 6.03. The average Bonchev–Trinajstić information content (AvgIpc) is 2.60. The van der Waals surface area contributed by atoms with Crippen LogP contribution in [0.2, 0.25) is 10.0 Å². The van der Waals surface area contributed by atoms with E-state index in [4.69, 9.17) is 38.4 Å². The number of nitrogens with two attached hydrogens (primary N) is 1. The van der Waals surface area contributed by atoms with Crippen molar-refractivity contribution >= 4 is 64.6 Å². The molecule has 7 nitrogen and oxygen atoms in total. The first-order chi connectivity index (χ1) is 12.0. The summed E-state index contributed by atoms with van der Waals surface area (Å²) in [6.45, 7) is 0.954. The highest BCUT2D eigenvalue weighted by molar-refractivity contribution is 14.0. The van der Waals surface area contributed by atoms with E-state index in [1.54, 1.807) is 32.4 Å². The fourth-order valence-electron chi connectivity index (χ4n) is 2.00. The maximum Gasteiger partial charge on any atom is 0.193 e. The standard InChI is InChI=1S/C16H19Cl2N5O2.HI/c1-24-13-4-3-11(8-14(13)25-2)23-16(19)21-6-5-20-15-12(18)7-10(17)9-22-15;/h3-4,7-9H,5-6H2,1-2H3,(H,20,22)(H3,19,21,23);1H. The fourth-order valence-corrected chi connectivity index (χ4v) is 2.44. The number of halogens is 3. The minimum absolute atomic E-state index is 0. The molecule has 0 aliphatic carbocycles. The second-order valence-electron chi connectivity index (χ2n) is 4.87. The van der Waals surface area contributed by atoms with Gasteiger partial charge in [-0.05, 0) is 18.2 Å². The summed E-state index contributed by atoms with van der Waals surface area (Å²) in [5.74, 6) is 2.07. The van der Waals surface area contributed by atoms with Crippen molar-refractivity contribution in [3.63, 3.8) is 0 Å². The van der Waals surface area contributed by atoms with Gasteiger partial charge in [-0.2, -0.15) is 0 Å². The van der Waals surface area contributed by atoms with Gasteiger partial charge in [0.2, 0.25) is 0 Å². The molecule has 4 N–H and O–H groups in total. The maximum atomic E-state index is 6.03. The number of benzene rings is 1. The van der Waals surface area contributed by atoms with Crippen molar-refractivity contribution in [2.24, 2.45) is 10.7 Å². The van der Waals surface area contributed by atoms with Crippen molar-refractivity contribution in [3.05, 3.63) is 40.5 Å². The molecule has 0 spiro atoms. The Labute approximate surface area is 179 Å². The number of aliphatic imine (C=N–C) groups is 1. The number of aromatic nitrogens is 1. The van der Waals surface area contributed by atoms with Crippen LogP contribution in [0.15, 0.2) is 35.5 Å². The summed E-state index contributed by atoms with van der Waals surface area (Å²) >= 11 is 11.8. The van der Waals surface area contributed by atoms with Gasteiger partial charge in [0.1, 0.15) is 5.82 Å². The van der Waals surface area contributed by atoms with Gasteiger partial charge in [-0.25, -0.2) is 4.98 Å². The number of rotatable bonds is 7. The molecule has 0 amide bonds. The summed E-state index contributed by atoms with van der Waals surface area (Å²) in [6, 6.07) is 7.00. The largest absolute Gasteiger partial charge is 0.493 e. The Hall–Kier alpha value is -1.65. The first kappa shape index (κ1) is 22.4. The number of nitrogens with one attached hydrogen (secondary N) is 2. The number of guanidine groups is 1. The Bertz CT molecular complexity index is 761. The molecule has 1 heterocycles. The summed E-state index contributed by atoms with van der Waals surface area (Å²) in [6.07, 6.45) is 1.52. The topological polar surface area (TPSA) is 93.8 Å². The summed E-state index contributed by atoms with van der Waals surface area (Å²) in [5.41, 5.74) is 6.62. The van der Waals surface area contributed by atoms with Crippen LogP contribution in [0.4, 0.5) is 11.5 Å². The van der Waals surface area contributed by atoms with Crippen LogP contribution in [0.25, 0.3) is 0 Å². The fraction of sp³-hybridized carbons (Fsp3) is 0.250. The number of methoxy groups -OCH3 is 2. The van der Waals surface area contributed by atoms with E-state index < -0.39 is 0 Å². The normalized spacial score (nSPS) is 10.7. The lowest BCUT2D eigenvalue weighted by Gasteiger charge is -2.11. The van der Waals surface area contributed by atoms with Gasteiger partial charge in [-0.1, -0.05) is 23.2 Å². The number of pyridine rings is 1. The van der Waals surface area contributed by atoms with Crippen LogP contribution >= 0.6 is 47.2 Å². The summed E-state index contributed by atoms with van der Waals surface area (Å²) in [7, 11) is 3.15. The van der Waals surface area contributed by atoms with Crippen LogP contribution in [-0.2, 0) is 0 Å². The smallest absolute Gasteiger partial charge is 0.193 e. The molecular weight excluding hydrogens is 492 g/mol. The molecular formula is C16H20Cl2IN5O2. The highest BCUT2D eigenvalue weighted by Gasteiger charge is 2.05. The van der Waals surface area contributed by atoms with Gasteiger partial charge in [0.05, 0.1) is 30.8 Å². The summed E-state index contributed by atoms with van der Waals surface area (Å²) < 4.78 is 10.4. The third kappa shape index (κ3) is 6.58. The van der Waals surface area contributed by atoms with Crippen molar-refractivity contribution < 1.29 is 9.47 Å². The van der Waals surface area contributed by atoms with E-state index in [9.17, 15) is 0 Å². The number of hydrogen-bond donors (Lipinski definition) is 3. The number of ether oxygens (including phenoxy) is 2. The highest BCUT2D eigenvalue weighted by Crippen LogP contribution is 2.29. The zero-order valence-electron chi connectivity index (χ0n) is 14.3. The summed E-state index contributed by atoms with van der Waals surface area (Å²) in [4.78, 5) is 8.33. The SMILES string of the molecule is COc1ccc(NC(N)=NCCNc2ncc(Cl)cc2Cl)cc1OC.I. The molecule has 0 unspecified atom stereocenters. The van der Waals surface area contributed by atoms with Gasteiger partial charge >= 0.3 is 0 Å². The second-order valence-corrected chi connectivity index (χ2v) is 5.72. The Morgan fingerprint density at radius 2 is 1.92 bits per heavy atom. The zero-order valence-corrected chi connectivity index (χ0v) is 18.1. The zero-order chi connectivity index (χ0) is 18.2. The lowest BCUT2D eigenvalue weighted by molar-refractivity contribution is 0.355. The van der Waals surface area contributed by atoms with Gasteiger partial charge in [0.25, 0.3) is 0 Å². The predicted octanol–water partition coefficient (Wildman–Crippen LogP) is 3.86. The third-order valence-corrected chi connectivity index (χ3v) is 3.64. The Kier molecular flexibility index (Phi) is 9.60. The third-order valence-electron chi connectivity index (χ3n) is 3.15. The van der Waals surface area contributed by atoms with Crippen molar-refractivity contribution in [3.8, 4) is 11.5 Å². The molecule has 0 saturated heterocycles. The molecule has 0 fully saturated rings. The van der Waals surface area contributed by atoms with E-state index >= 15 is 0 Å². The van der Waals surface area contributed by atoms with Crippen LogP contribution in [0, 0.1) is 0 Å². The van der Waals surface area contributed by atoms with Crippen LogP contribution in [0.3, 0.4) is 0 Å². The van der Waals surface area contributed by atoms with Gasteiger partial charge in [0, 0.05) is 24.5 Å². The molecule has 1 aromatic heterocycles. The molecule has 26 heavy (non-hydrogen) atoms. The molecule has 1 aromatic carbocycles. The van der Waals surface area contributed by atoms with Crippen LogP contribution in [0.5, 0.6) is 11.5 Å². The Morgan fingerprint density at radius 3 is 2.58 bits per heavy atom. The first-order valence-electron chi connectivity index (χ1n) is 7.37. The van der Waals surface area contributed by atoms with Crippen LogP contribution < -0.4 is 25.8 Å². The van der Waals surface area contributed by atoms with E-state index in [1.807, 2.05) is 6.07 Å². The van der Waals surface area contributed by atoms with Gasteiger partial charge < -0.3 is 25.8 Å². The minimum atomic E-state index is 0. The van der Waals surface area contributed by atoms with Crippen molar-refractivity contribution in [2.75, 3.05) is 37.9 Å². The molecule has 2 aromatic rings. The molecule has 2 rings (SSSR count). The Morgan fingerprint density at radius 1 is 1.19 bits per heavy atom. The van der Waals surface area contributed by atoms with Gasteiger partial charge in [-0.3, -0.25) is 4.99 Å². The monoisotopic (exact) mass is 511 g/mol. The van der Waals surface area contributed by atoms with Crippen LogP contribution in [-0.4, -0.2) is 38.3 Å². The van der Waals surface area contributed by atoms with E-state index in [0.29, 0.717) is 40.5 Å². The molecule has 0 saturated carbocycles. The molecule has 0 aliphatic heterocycles. The quantitative estimate of drug-likeness (QED) is 0.226. The lowest BCUT2D eigenvalue weighted by Crippen LogP contribution is -2.23. The second kappa shape index (κ2) is 11.1. The number of hydrogen-bond acceptors (Lipinski definition) is 5. The van der Waals surface area contributed by atoms with Crippen molar-refractivity contribution in [1.82, 2.24) is 4.98 Å². The van der Waals surface area contributed by atoms with E-state index in [0.717, 1.165) is 5.69 Å².